The van der Waals surface area contributed by atoms with Gasteiger partial charge in [-0.15, -0.1) is 0 Å². The molecule has 1 aromatic carbocycles. The van der Waals surface area contributed by atoms with E-state index in [4.69, 9.17) is 0 Å². The van der Waals surface area contributed by atoms with Crippen molar-refractivity contribution in [1.82, 2.24) is 9.88 Å². The fourth-order valence-electron chi connectivity index (χ4n) is 2.85. The first-order valence-corrected chi connectivity index (χ1v) is 8.41. The summed E-state index contributed by atoms with van der Waals surface area (Å²) in [5.41, 5.74) is 5.68. The molecule has 0 unspecified atom stereocenters. The topological polar surface area (TPSA) is 45.2 Å². The molecule has 0 aliphatic rings. The van der Waals surface area contributed by atoms with Crippen molar-refractivity contribution in [3.63, 3.8) is 0 Å². The molecular formula is C20H27N3O. The van der Waals surface area contributed by atoms with Crippen LogP contribution in [-0.2, 0) is 11.2 Å². The number of nitrogens with one attached hydrogen (secondary N) is 1. The lowest BCUT2D eigenvalue weighted by atomic mass is 10.0. The summed E-state index contributed by atoms with van der Waals surface area (Å²) in [6.45, 7) is 7.83. The average Bonchev–Trinajstić information content (AvgIpc) is 2.55. The second kappa shape index (κ2) is 8.60. The van der Waals surface area contributed by atoms with E-state index in [1.807, 2.05) is 38.4 Å². The molecule has 1 aromatic heterocycles. The number of benzene rings is 1. The Morgan fingerprint density at radius 2 is 1.71 bits per heavy atom. The maximum Gasteiger partial charge on any atom is 0.225 e. The molecule has 0 fully saturated rings. The average molecular weight is 325 g/mol. The van der Waals surface area contributed by atoms with Crippen LogP contribution in [-0.4, -0.2) is 35.9 Å². The lowest BCUT2D eigenvalue weighted by Gasteiger charge is -2.17. The summed E-state index contributed by atoms with van der Waals surface area (Å²) in [6, 6.07) is 8.26. The van der Waals surface area contributed by atoms with Gasteiger partial charge in [-0.05, 0) is 63.1 Å². The maximum atomic E-state index is 12.2. The molecule has 4 nitrogen and oxygen atoms in total. The Bertz CT molecular complexity index is 660. The number of nitrogens with zero attached hydrogens (tertiary/aromatic N) is 2. The summed E-state index contributed by atoms with van der Waals surface area (Å²) < 4.78 is 0. The fraction of sp³-hybridized carbons (Fsp3) is 0.400. The van der Waals surface area contributed by atoms with E-state index >= 15 is 0 Å². The van der Waals surface area contributed by atoms with Crippen molar-refractivity contribution in [2.24, 2.45) is 0 Å². The standard InChI is InChI=1S/C20H27N3O/c1-15-13-16(2)20(17(3)14-15)22-19(24)8-12-23(4)11-7-18-5-9-21-10-6-18/h5-6,9-10,13-14H,7-8,11-12H2,1-4H3,(H,22,24). The van der Waals surface area contributed by atoms with Crippen LogP contribution in [0, 0.1) is 20.8 Å². The van der Waals surface area contributed by atoms with Crippen LogP contribution in [0.4, 0.5) is 5.69 Å². The smallest absolute Gasteiger partial charge is 0.225 e. The number of amides is 1. The zero-order valence-corrected chi connectivity index (χ0v) is 15.1. The summed E-state index contributed by atoms with van der Waals surface area (Å²) in [4.78, 5) is 18.4. The third kappa shape index (κ3) is 5.46. The predicted molar refractivity (Wildman–Crippen MR) is 99.3 cm³/mol. The Labute approximate surface area is 144 Å². The lowest BCUT2D eigenvalue weighted by molar-refractivity contribution is -0.116. The maximum absolute atomic E-state index is 12.2. The summed E-state index contributed by atoms with van der Waals surface area (Å²) >= 11 is 0. The monoisotopic (exact) mass is 325 g/mol. The number of aromatic nitrogens is 1. The Morgan fingerprint density at radius 3 is 2.33 bits per heavy atom. The van der Waals surface area contributed by atoms with Gasteiger partial charge >= 0.3 is 0 Å². The first kappa shape index (κ1) is 18.1. The number of carbonyl (C=O) groups excluding carboxylic acids is 1. The Hall–Kier alpha value is -2.20. The number of carbonyl (C=O) groups is 1. The second-order valence-electron chi connectivity index (χ2n) is 6.48. The van der Waals surface area contributed by atoms with Crippen molar-refractivity contribution in [3.8, 4) is 0 Å². The number of rotatable bonds is 7. The zero-order chi connectivity index (χ0) is 17.5. The van der Waals surface area contributed by atoms with Gasteiger partial charge in [0.1, 0.15) is 0 Å². The largest absolute Gasteiger partial charge is 0.326 e. The molecule has 4 heteroatoms. The van der Waals surface area contributed by atoms with Crippen LogP contribution < -0.4 is 5.32 Å². The fourth-order valence-corrected chi connectivity index (χ4v) is 2.85. The van der Waals surface area contributed by atoms with Crippen molar-refractivity contribution < 1.29 is 4.79 Å². The molecule has 0 saturated carbocycles. The first-order valence-electron chi connectivity index (χ1n) is 8.41. The minimum atomic E-state index is 0.0702. The molecule has 2 rings (SSSR count). The van der Waals surface area contributed by atoms with E-state index in [1.54, 1.807) is 0 Å². The molecule has 128 valence electrons. The molecule has 0 saturated heterocycles. The molecule has 0 bridgehead atoms. The Kier molecular flexibility index (Phi) is 6.50. The molecule has 2 aromatic rings. The molecule has 1 N–H and O–H groups in total. The van der Waals surface area contributed by atoms with Gasteiger partial charge in [0.05, 0.1) is 0 Å². The van der Waals surface area contributed by atoms with E-state index in [9.17, 15) is 4.79 Å². The highest BCUT2D eigenvalue weighted by atomic mass is 16.1. The normalized spacial score (nSPS) is 10.9. The summed E-state index contributed by atoms with van der Waals surface area (Å²) in [7, 11) is 2.05. The van der Waals surface area contributed by atoms with E-state index in [0.717, 1.165) is 36.3 Å². The summed E-state index contributed by atoms with van der Waals surface area (Å²) in [6.07, 6.45) is 5.10. The van der Waals surface area contributed by atoms with Crippen LogP contribution in [0.1, 0.15) is 28.7 Å². The molecule has 1 amide bonds. The number of hydrogen-bond donors (Lipinski definition) is 1. The van der Waals surface area contributed by atoms with Crippen molar-refractivity contribution in [1.29, 1.82) is 0 Å². The molecule has 1 heterocycles. The number of anilines is 1. The summed E-state index contributed by atoms with van der Waals surface area (Å²) in [5, 5.41) is 3.06. The molecule has 0 atom stereocenters. The number of hydrogen-bond acceptors (Lipinski definition) is 3. The quantitative estimate of drug-likeness (QED) is 0.847. The van der Waals surface area contributed by atoms with Gasteiger partial charge in [-0.2, -0.15) is 0 Å². The number of pyridine rings is 1. The van der Waals surface area contributed by atoms with Gasteiger partial charge < -0.3 is 10.2 Å². The van der Waals surface area contributed by atoms with Gasteiger partial charge in [0.15, 0.2) is 0 Å². The van der Waals surface area contributed by atoms with Crippen LogP contribution in [0.2, 0.25) is 0 Å². The van der Waals surface area contributed by atoms with Crippen LogP contribution in [0.3, 0.4) is 0 Å². The van der Waals surface area contributed by atoms with Gasteiger partial charge in [-0.25, -0.2) is 0 Å². The predicted octanol–water partition coefficient (Wildman–Crippen LogP) is 3.51. The van der Waals surface area contributed by atoms with Gasteiger partial charge in [0.2, 0.25) is 5.91 Å². The highest BCUT2D eigenvalue weighted by molar-refractivity contribution is 5.92. The molecular weight excluding hydrogens is 298 g/mol. The van der Waals surface area contributed by atoms with Gasteiger partial charge in [-0.1, -0.05) is 17.7 Å². The van der Waals surface area contributed by atoms with Crippen LogP contribution >= 0.6 is 0 Å². The highest BCUT2D eigenvalue weighted by Gasteiger charge is 2.09. The molecule has 0 spiro atoms. The summed E-state index contributed by atoms with van der Waals surface area (Å²) in [5.74, 6) is 0.0702. The van der Waals surface area contributed by atoms with Gasteiger partial charge in [0, 0.05) is 37.6 Å². The first-order chi connectivity index (χ1) is 11.5. The zero-order valence-electron chi connectivity index (χ0n) is 15.1. The third-order valence-electron chi connectivity index (χ3n) is 4.19. The van der Waals surface area contributed by atoms with Crippen molar-refractivity contribution in [2.45, 2.75) is 33.6 Å². The Morgan fingerprint density at radius 1 is 1.08 bits per heavy atom. The van der Waals surface area contributed by atoms with E-state index in [0.29, 0.717) is 6.42 Å². The molecule has 0 radical (unpaired) electrons. The lowest BCUT2D eigenvalue weighted by Crippen LogP contribution is -2.26. The van der Waals surface area contributed by atoms with E-state index < -0.39 is 0 Å². The van der Waals surface area contributed by atoms with Crippen molar-refractivity contribution >= 4 is 11.6 Å². The molecule has 24 heavy (non-hydrogen) atoms. The van der Waals surface area contributed by atoms with Crippen molar-refractivity contribution in [3.05, 3.63) is 58.9 Å². The second-order valence-corrected chi connectivity index (χ2v) is 6.48. The van der Waals surface area contributed by atoms with E-state index in [-0.39, 0.29) is 5.91 Å². The number of aryl methyl sites for hydroxylation is 3. The van der Waals surface area contributed by atoms with E-state index in [2.05, 4.69) is 41.3 Å². The SMILES string of the molecule is Cc1cc(C)c(NC(=O)CCN(C)CCc2ccncc2)c(C)c1. The third-order valence-corrected chi connectivity index (χ3v) is 4.19. The van der Waals surface area contributed by atoms with Crippen LogP contribution in [0.5, 0.6) is 0 Å². The minimum Gasteiger partial charge on any atom is -0.326 e. The molecule has 0 aliphatic carbocycles. The van der Waals surface area contributed by atoms with Crippen molar-refractivity contribution in [2.75, 3.05) is 25.5 Å². The minimum absolute atomic E-state index is 0.0702. The Balaban J connectivity index is 1.79. The highest BCUT2D eigenvalue weighted by Crippen LogP contribution is 2.22. The van der Waals surface area contributed by atoms with Gasteiger partial charge in [-0.3, -0.25) is 9.78 Å². The number of likely N-dealkylation sites (N-methyl/N-ethyl adjacent to an activating group) is 1. The van der Waals surface area contributed by atoms with E-state index in [1.165, 1.54) is 11.1 Å². The molecule has 0 aliphatic heterocycles. The van der Waals surface area contributed by atoms with Crippen LogP contribution in [0.25, 0.3) is 0 Å². The van der Waals surface area contributed by atoms with Crippen LogP contribution in [0.15, 0.2) is 36.7 Å². The van der Waals surface area contributed by atoms with Gasteiger partial charge in [0.25, 0.3) is 0 Å².